The molecule has 1 saturated heterocycles. The maximum atomic E-state index is 10.4. The summed E-state index contributed by atoms with van der Waals surface area (Å²) in [6.07, 6.45) is 6.27. The van der Waals surface area contributed by atoms with Crippen LogP contribution in [0.2, 0.25) is 0 Å². The molecule has 6 atom stereocenters. The van der Waals surface area contributed by atoms with E-state index in [1.54, 1.807) is 13.0 Å². The number of aliphatic imine (C=N–C) groups is 1. The van der Waals surface area contributed by atoms with Crippen molar-refractivity contribution in [2.75, 3.05) is 20.1 Å². The number of likely N-dealkylation sites (tertiary alicyclic amines) is 1. The van der Waals surface area contributed by atoms with Crippen molar-refractivity contribution in [1.29, 1.82) is 0 Å². The van der Waals surface area contributed by atoms with Crippen LogP contribution in [-0.2, 0) is 16.6 Å². The fraction of sp³-hybridized carbons (Fsp3) is 0.583. The van der Waals surface area contributed by atoms with Gasteiger partial charge in [0.15, 0.2) is 11.5 Å². The van der Waals surface area contributed by atoms with Gasteiger partial charge in [0.25, 0.3) is 0 Å². The van der Waals surface area contributed by atoms with E-state index in [4.69, 9.17) is 21.3 Å². The molecule has 2 bridgehead atoms. The van der Waals surface area contributed by atoms with E-state index in [1.807, 2.05) is 12.1 Å². The van der Waals surface area contributed by atoms with Crippen LogP contribution in [0.1, 0.15) is 37.3 Å². The third kappa shape index (κ3) is 3.98. The highest BCUT2D eigenvalue weighted by molar-refractivity contribution is 5.77. The van der Waals surface area contributed by atoms with E-state index in [0.29, 0.717) is 42.9 Å². The van der Waals surface area contributed by atoms with Gasteiger partial charge in [0.1, 0.15) is 18.2 Å². The first-order chi connectivity index (χ1) is 15.7. The van der Waals surface area contributed by atoms with Crippen LogP contribution in [0.3, 0.4) is 0 Å². The molecule has 0 amide bonds. The van der Waals surface area contributed by atoms with E-state index in [2.05, 4.69) is 23.0 Å². The zero-order chi connectivity index (χ0) is 23.9. The minimum Gasteiger partial charge on any atom is -0.504 e. The molecule has 4 aliphatic rings. The van der Waals surface area contributed by atoms with Gasteiger partial charge in [0.05, 0.1) is 5.84 Å². The van der Waals surface area contributed by atoms with Gasteiger partial charge in [-0.1, -0.05) is 18.2 Å². The van der Waals surface area contributed by atoms with E-state index in [0.717, 1.165) is 19.4 Å². The van der Waals surface area contributed by atoms with Gasteiger partial charge in [-0.3, -0.25) is 9.79 Å². The lowest BCUT2D eigenvalue weighted by Gasteiger charge is -2.56. The zero-order valence-electron chi connectivity index (χ0n) is 19.1. The van der Waals surface area contributed by atoms with Crippen molar-refractivity contribution in [3.05, 3.63) is 35.4 Å². The Morgan fingerprint density at radius 3 is 2.85 bits per heavy atom. The number of amidine groups is 1. The van der Waals surface area contributed by atoms with E-state index in [9.17, 15) is 15.0 Å². The number of carboxylic acids is 1. The fourth-order valence-corrected chi connectivity index (χ4v) is 5.93. The number of phenols is 1. The van der Waals surface area contributed by atoms with Gasteiger partial charge in [-0.05, 0) is 57.8 Å². The number of aromatic hydroxyl groups is 1. The van der Waals surface area contributed by atoms with Crippen LogP contribution in [0.5, 0.6) is 11.5 Å². The maximum Gasteiger partial charge on any atom is 0.320 e. The van der Waals surface area contributed by atoms with Gasteiger partial charge < -0.3 is 36.4 Å². The lowest BCUT2D eigenvalue weighted by molar-refractivity contribution is -0.138. The molecule has 2 aliphatic heterocycles. The Kier molecular flexibility index (Phi) is 6.39. The SMILES string of the molecule is CC(N)=NCCC[C@H](N)C(=O)O.CN1CC[C@]23c4c5ccc(O)c4O[C@H]2[C@@H](O)C=C[C@H]3[C@H]1C5. The van der Waals surface area contributed by atoms with Gasteiger partial charge in [0, 0.05) is 29.5 Å². The normalized spacial score (nSPS) is 32.3. The van der Waals surface area contributed by atoms with Gasteiger partial charge in [-0.2, -0.15) is 0 Å². The molecule has 1 spiro atoms. The molecule has 7 N–H and O–H groups in total. The summed E-state index contributed by atoms with van der Waals surface area (Å²) >= 11 is 0. The number of aliphatic hydroxyl groups is 1. The highest BCUT2D eigenvalue weighted by Gasteiger charge is 2.64. The first-order valence-corrected chi connectivity index (χ1v) is 11.5. The van der Waals surface area contributed by atoms with Crippen LogP contribution < -0.4 is 16.2 Å². The molecule has 0 aromatic heterocycles. The number of aliphatic carboxylic acids is 1. The van der Waals surface area contributed by atoms with Gasteiger partial charge in [-0.25, -0.2) is 0 Å². The Labute approximate surface area is 193 Å². The number of carboxylic acid groups (broad SMARTS) is 1. The standard InChI is InChI=1S/C17H19NO3.C7H15N3O2/c1-18-7-6-17-10-3-5-13(20)16(17)21-15-12(19)4-2-9(14(15)17)8-11(10)18;1-5(8)10-4-2-3-6(9)7(11)12/h2-5,10-11,13,16,19-20H,6-8H2,1H3;6H,2-4,9H2,1H3,(H2,8,10)(H,11,12)/t10-,11+,13-,16-,17-;6-/m00/s1. The van der Waals surface area contributed by atoms with Gasteiger partial charge in [-0.15, -0.1) is 0 Å². The number of likely N-dealkylation sites (N-methyl/N-ethyl adjacent to an activating group) is 1. The number of rotatable bonds is 5. The van der Waals surface area contributed by atoms with Crippen molar-refractivity contribution < 1.29 is 24.9 Å². The third-order valence-corrected chi connectivity index (χ3v) is 7.50. The average molecular weight is 459 g/mol. The number of aliphatic hydroxyl groups excluding tert-OH is 1. The Hall–Kier alpha value is -2.62. The van der Waals surface area contributed by atoms with Crippen LogP contribution >= 0.6 is 0 Å². The fourth-order valence-electron chi connectivity index (χ4n) is 5.93. The molecule has 2 heterocycles. The average Bonchev–Trinajstić information content (AvgIpc) is 3.13. The number of phenolic OH excluding ortho intramolecular Hbond substituents is 1. The molecule has 33 heavy (non-hydrogen) atoms. The summed E-state index contributed by atoms with van der Waals surface area (Å²) in [5, 5.41) is 29.1. The smallest absolute Gasteiger partial charge is 0.320 e. The summed E-state index contributed by atoms with van der Waals surface area (Å²) in [7, 11) is 2.19. The predicted octanol–water partition coefficient (Wildman–Crippen LogP) is 0.754. The third-order valence-electron chi connectivity index (χ3n) is 7.50. The largest absolute Gasteiger partial charge is 0.504 e. The number of nitrogens with zero attached hydrogens (tertiary/aromatic N) is 2. The summed E-state index contributed by atoms with van der Waals surface area (Å²) in [5.41, 5.74) is 12.8. The molecule has 1 aromatic rings. The van der Waals surface area contributed by atoms with Crippen molar-refractivity contribution in [1.82, 2.24) is 4.90 Å². The van der Waals surface area contributed by atoms with Crippen molar-refractivity contribution >= 4 is 11.8 Å². The monoisotopic (exact) mass is 458 g/mol. The molecule has 180 valence electrons. The minimum absolute atomic E-state index is 0.160. The number of nitrogens with two attached hydrogens (primary N) is 2. The minimum atomic E-state index is -0.969. The molecule has 9 heteroatoms. The first-order valence-electron chi connectivity index (χ1n) is 11.5. The maximum absolute atomic E-state index is 10.4. The van der Waals surface area contributed by atoms with E-state index in [-0.39, 0.29) is 17.3 Å². The molecule has 0 radical (unpaired) electrons. The molecule has 1 aromatic carbocycles. The summed E-state index contributed by atoms with van der Waals surface area (Å²) < 4.78 is 6.09. The lowest BCUT2D eigenvalue weighted by Crippen LogP contribution is -2.64. The van der Waals surface area contributed by atoms with Gasteiger partial charge >= 0.3 is 5.97 Å². The highest BCUT2D eigenvalue weighted by Crippen LogP contribution is 2.62. The second-order valence-electron chi connectivity index (χ2n) is 9.54. The first kappa shape index (κ1) is 23.5. The van der Waals surface area contributed by atoms with E-state index in [1.165, 1.54) is 11.1 Å². The van der Waals surface area contributed by atoms with Crippen LogP contribution in [0.15, 0.2) is 29.3 Å². The molecule has 2 aliphatic carbocycles. The zero-order valence-corrected chi connectivity index (χ0v) is 19.1. The molecule has 5 rings (SSSR count). The topological polar surface area (TPSA) is 155 Å². The molecule has 0 unspecified atom stereocenters. The van der Waals surface area contributed by atoms with Crippen LogP contribution in [0.4, 0.5) is 0 Å². The van der Waals surface area contributed by atoms with Crippen LogP contribution in [-0.4, -0.2) is 76.5 Å². The van der Waals surface area contributed by atoms with E-state index < -0.39 is 18.1 Å². The quantitative estimate of drug-likeness (QED) is 0.187. The second kappa shape index (κ2) is 8.96. The summed E-state index contributed by atoms with van der Waals surface area (Å²) in [6.45, 7) is 3.25. The molecular weight excluding hydrogens is 424 g/mol. The van der Waals surface area contributed by atoms with Crippen molar-refractivity contribution in [3.63, 3.8) is 0 Å². The lowest BCUT2D eigenvalue weighted by atomic mass is 9.53. The molecular formula is C24H34N4O5. The summed E-state index contributed by atoms with van der Waals surface area (Å²) in [4.78, 5) is 16.6. The Morgan fingerprint density at radius 2 is 2.15 bits per heavy atom. The molecule has 9 nitrogen and oxygen atoms in total. The number of carbonyl (C=O) groups is 1. The Morgan fingerprint density at radius 1 is 1.39 bits per heavy atom. The summed E-state index contributed by atoms with van der Waals surface area (Å²) in [6, 6.07) is 3.45. The highest BCUT2D eigenvalue weighted by atomic mass is 16.5. The Balaban J connectivity index is 0.000000188. The van der Waals surface area contributed by atoms with Crippen molar-refractivity contribution in [3.8, 4) is 11.5 Å². The Bertz CT molecular complexity index is 976. The van der Waals surface area contributed by atoms with Crippen LogP contribution in [0.25, 0.3) is 0 Å². The number of hydrogen-bond acceptors (Lipinski definition) is 7. The van der Waals surface area contributed by atoms with E-state index >= 15 is 0 Å². The number of ether oxygens (including phenoxy) is 1. The second-order valence-corrected chi connectivity index (χ2v) is 9.54. The predicted molar refractivity (Wildman–Crippen MR) is 125 cm³/mol. The van der Waals surface area contributed by atoms with Crippen molar-refractivity contribution in [2.24, 2.45) is 22.4 Å². The summed E-state index contributed by atoms with van der Waals surface area (Å²) in [5.74, 6) is 0.733. The van der Waals surface area contributed by atoms with Crippen LogP contribution in [0, 0.1) is 5.92 Å². The molecule has 1 fully saturated rings. The number of hydrogen-bond donors (Lipinski definition) is 5. The number of piperidine rings is 1. The van der Waals surface area contributed by atoms with Gasteiger partial charge in [0.2, 0.25) is 0 Å². The molecule has 0 saturated carbocycles. The number of benzene rings is 1. The van der Waals surface area contributed by atoms with Crippen molar-refractivity contribution in [2.45, 2.75) is 62.3 Å².